The van der Waals surface area contributed by atoms with Gasteiger partial charge in [-0.05, 0) is 19.1 Å². The van der Waals surface area contributed by atoms with Crippen LogP contribution in [-0.2, 0) is 16.0 Å². The second-order valence-corrected chi connectivity index (χ2v) is 5.63. The number of benzene rings is 1. The molecule has 118 valence electrons. The van der Waals surface area contributed by atoms with Crippen molar-refractivity contribution in [2.24, 2.45) is 0 Å². The molecule has 3 aromatic rings. The molecule has 0 aliphatic heterocycles. The molecule has 0 aliphatic carbocycles. The van der Waals surface area contributed by atoms with Gasteiger partial charge in [0.05, 0.1) is 23.6 Å². The van der Waals surface area contributed by atoms with Crippen LogP contribution in [0.25, 0.3) is 16.2 Å². The van der Waals surface area contributed by atoms with E-state index in [1.807, 2.05) is 16.0 Å². The highest BCUT2D eigenvalue weighted by Gasteiger charge is 2.13. The molecular weight excluding hydrogens is 318 g/mol. The van der Waals surface area contributed by atoms with Gasteiger partial charge >= 0.3 is 5.97 Å². The van der Waals surface area contributed by atoms with Crippen molar-refractivity contribution in [2.45, 2.75) is 13.3 Å². The predicted octanol–water partition coefficient (Wildman–Crippen LogP) is 3.08. The van der Waals surface area contributed by atoms with E-state index in [0.717, 1.165) is 16.2 Å². The summed E-state index contributed by atoms with van der Waals surface area (Å²) in [6.45, 7) is 2.12. The number of nitrogens with zero attached hydrogens (tertiary/aromatic N) is 3. The van der Waals surface area contributed by atoms with Gasteiger partial charge in [0.25, 0.3) is 5.69 Å². The van der Waals surface area contributed by atoms with E-state index in [1.165, 1.54) is 23.5 Å². The van der Waals surface area contributed by atoms with Crippen molar-refractivity contribution < 1.29 is 14.5 Å². The van der Waals surface area contributed by atoms with Crippen LogP contribution in [0, 0.1) is 10.1 Å². The van der Waals surface area contributed by atoms with Crippen LogP contribution in [0.4, 0.5) is 5.69 Å². The number of hydrogen-bond donors (Lipinski definition) is 0. The summed E-state index contributed by atoms with van der Waals surface area (Å²) in [4.78, 5) is 27.1. The molecule has 0 bridgehead atoms. The second kappa shape index (κ2) is 6.17. The van der Waals surface area contributed by atoms with Crippen molar-refractivity contribution in [3.8, 4) is 11.3 Å². The number of carbonyl (C=O) groups excluding carboxylic acids is 1. The normalized spacial score (nSPS) is 10.8. The van der Waals surface area contributed by atoms with Gasteiger partial charge in [-0.25, -0.2) is 4.98 Å². The summed E-state index contributed by atoms with van der Waals surface area (Å²) in [5, 5.41) is 12.6. The maximum Gasteiger partial charge on any atom is 0.311 e. The van der Waals surface area contributed by atoms with Crippen LogP contribution in [0.15, 0.2) is 35.8 Å². The van der Waals surface area contributed by atoms with E-state index in [2.05, 4.69) is 4.98 Å². The molecule has 7 nitrogen and oxygen atoms in total. The van der Waals surface area contributed by atoms with Crippen LogP contribution < -0.4 is 0 Å². The first-order valence-corrected chi connectivity index (χ1v) is 7.82. The van der Waals surface area contributed by atoms with Gasteiger partial charge in [-0.2, -0.15) is 0 Å². The molecule has 0 N–H and O–H groups in total. The van der Waals surface area contributed by atoms with Crippen LogP contribution in [-0.4, -0.2) is 26.9 Å². The van der Waals surface area contributed by atoms with Crippen LogP contribution >= 0.6 is 11.3 Å². The minimum Gasteiger partial charge on any atom is -0.466 e. The number of rotatable bonds is 5. The Hall–Kier alpha value is -2.74. The van der Waals surface area contributed by atoms with Crippen LogP contribution in [0.1, 0.15) is 12.6 Å². The van der Waals surface area contributed by atoms with Gasteiger partial charge in [0, 0.05) is 35.0 Å². The summed E-state index contributed by atoms with van der Waals surface area (Å²) in [6.07, 6.45) is 2.01. The van der Waals surface area contributed by atoms with Crippen molar-refractivity contribution in [2.75, 3.05) is 6.61 Å². The third-order valence-electron chi connectivity index (χ3n) is 3.29. The Morgan fingerprint density at radius 1 is 1.39 bits per heavy atom. The Morgan fingerprint density at radius 2 is 2.13 bits per heavy atom. The van der Waals surface area contributed by atoms with Crippen molar-refractivity contribution in [1.82, 2.24) is 9.38 Å². The lowest BCUT2D eigenvalue weighted by Crippen LogP contribution is -2.08. The van der Waals surface area contributed by atoms with Gasteiger partial charge in [-0.15, -0.1) is 11.3 Å². The minimum atomic E-state index is -0.438. The van der Waals surface area contributed by atoms with Gasteiger partial charge in [0.1, 0.15) is 0 Å². The zero-order valence-electron chi connectivity index (χ0n) is 12.3. The molecule has 1 aromatic carbocycles. The number of nitro benzene ring substituents is 1. The van der Waals surface area contributed by atoms with E-state index in [0.29, 0.717) is 12.3 Å². The zero-order valence-corrected chi connectivity index (χ0v) is 13.1. The number of hydrogen-bond acceptors (Lipinski definition) is 6. The number of non-ortho nitro benzene ring substituents is 1. The molecular formula is C15H13N3O4S. The Kier molecular flexibility index (Phi) is 4.07. The second-order valence-electron chi connectivity index (χ2n) is 4.79. The highest BCUT2D eigenvalue weighted by Crippen LogP contribution is 2.25. The fourth-order valence-corrected chi connectivity index (χ4v) is 3.08. The number of esters is 1. The number of nitro groups is 1. The molecule has 0 aliphatic rings. The summed E-state index contributed by atoms with van der Waals surface area (Å²) < 4.78 is 6.80. The quantitative estimate of drug-likeness (QED) is 0.407. The van der Waals surface area contributed by atoms with Crippen molar-refractivity contribution in [3.05, 3.63) is 51.7 Å². The summed E-state index contributed by atoms with van der Waals surface area (Å²) in [7, 11) is 0. The van der Waals surface area contributed by atoms with Crippen LogP contribution in [0.5, 0.6) is 0 Å². The molecule has 2 heterocycles. The van der Waals surface area contributed by atoms with Gasteiger partial charge in [0.15, 0.2) is 4.96 Å². The van der Waals surface area contributed by atoms with E-state index >= 15 is 0 Å². The molecule has 23 heavy (non-hydrogen) atoms. The number of ether oxygens (including phenoxy) is 1. The third kappa shape index (κ3) is 3.07. The fraction of sp³-hybridized carbons (Fsp3) is 0.200. The summed E-state index contributed by atoms with van der Waals surface area (Å²) in [5.74, 6) is -0.280. The van der Waals surface area contributed by atoms with Crippen molar-refractivity contribution in [1.29, 1.82) is 0 Å². The molecule has 0 spiro atoms. The van der Waals surface area contributed by atoms with E-state index in [4.69, 9.17) is 4.74 Å². The van der Waals surface area contributed by atoms with E-state index < -0.39 is 4.92 Å². The van der Waals surface area contributed by atoms with Crippen LogP contribution in [0.2, 0.25) is 0 Å². The van der Waals surface area contributed by atoms with Crippen molar-refractivity contribution >= 4 is 28.0 Å². The van der Waals surface area contributed by atoms with E-state index in [9.17, 15) is 14.9 Å². The van der Waals surface area contributed by atoms with Gasteiger partial charge in [-0.3, -0.25) is 19.3 Å². The third-order valence-corrected chi connectivity index (χ3v) is 4.18. The maximum atomic E-state index is 11.6. The molecule has 0 saturated carbocycles. The standard InChI is InChI=1S/C15H13N3O4S/c1-2-22-14(19)7-12-9-23-15-16-13(8-17(12)15)10-3-5-11(6-4-10)18(20)21/h3-6,8-9H,2,7H2,1H3. The number of imidazole rings is 1. The molecule has 0 fully saturated rings. The van der Waals surface area contributed by atoms with Gasteiger partial charge < -0.3 is 4.74 Å². The number of thiazole rings is 1. The molecule has 3 rings (SSSR count). The summed E-state index contributed by atoms with van der Waals surface area (Å²) in [6, 6.07) is 6.22. The number of fused-ring (bicyclic) bond motifs is 1. The molecule has 0 unspecified atom stereocenters. The lowest BCUT2D eigenvalue weighted by molar-refractivity contribution is -0.384. The Morgan fingerprint density at radius 3 is 2.78 bits per heavy atom. The molecule has 2 aromatic heterocycles. The first-order chi connectivity index (χ1) is 11.1. The lowest BCUT2D eigenvalue weighted by Gasteiger charge is -2.00. The molecule has 0 atom stereocenters. The topological polar surface area (TPSA) is 86.7 Å². The zero-order chi connectivity index (χ0) is 16.4. The molecule has 8 heteroatoms. The van der Waals surface area contributed by atoms with Gasteiger partial charge in [0.2, 0.25) is 0 Å². The number of aromatic nitrogens is 2. The average Bonchev–Trinajstić information content (AvgIpc) is 3.10. The predicted molar refractivity (Wildman–Crippen MR) is 85.5 cm³/mol. The molecule has 0 amide bonds. The Balaban J connectivity index is 1.89. The Labute approximate surface area is 135 Å². The van der Waals surface area contributed by atoms with E-state index in [-0.39, 0.29) is 18.1 Å². The average molecular weight is 331 g/mol. The fourth-order valence-electron chi connectivity index (χ4n) is 2.21. The van der Waals surface area contributed by atoms with Crippen molar-refractivity contribution in [3.63, 3.8) is 0 Å². The highest BCUT2D eigenvalue weighted by atomic mass is 32.1. The highest BCUT2D eigenvalue weighted by molar-refractivity contribution is 7.15. The van der Waals surface area contributed by atoms with Crippen LogP contribution in [0.3, 0.4) is 0 Å². The first kappa shape index (κ1) is 15.2. The number of carbonyl (C=O) groups is 1. The van der Waals surface area contributed by atoms with E-state index in [1.54, 1.807) is 19.1 Å². The first-order valence-electron chi connectivity index (χ1n) is 6.94. The van der Waals surface area contributed by atoms with Gasteiger partial charge in [-0.1, -0.05) is 0 Å². The monoisotopic (exact) mass is 331 g/mol. The minimum absolute atomic E-state index is 0.0396. The molecule has 0 radical (unpaired) electrons. The SMILES string of the molecule is CCOC(=O)Cc1csc2nc(-c3ccc([N+](=O)[O-])cc3)cn12. The summed E-state index contributed by atoms with van der Waals surface area (Å²) in [5.41, 5.74) is 2.34. The summed E-state index contributed by atoms with van der Waals surface area (Å²) >= 11 is 1.43. The largest absolute Gasteiger partial charge is 0.466 e. The lowest BCUT2D eigenvalue weighted by atomic mass is 10.1. The molecule has 0 saturated heterocycles. The maximum absolute atomic E-state index is 11.6. The smallest absolute Gasteiger partial charge is 0.311 e. The Bertz CT molecular complexity index is 867.